The minimum Gasteiger partial charge on any atom is -0.288 e. The standard InChI is InChI=1S/C10H6Cl2OS2/c1-5-2-3-7(14-5)9(13)6-4-8(11)15-10(6)12/h2-4H,1H3. The van der Waals surface area contributed by atoms with E-state index in [-0.39, 0.29) is 5.78 Å². The van der Waals surface area contributed by atoms with Crippen LogP contribution in [-0.4, -0.2) is 5.78 Å². The average molecular weight is 277 g/mol. The maximum absolute atomic E-state index is 12.0. The van der Waals surface area contributed by atoms with Crippen LogP contribution < -0.4 is 0 Å². The van der Waals surface area contributed by atoms with Gasteiger partial charge in [-0.05, 0) is 25.1 Å². The molecule has 0 unspecified atom stereocenters. The van der Waals surface area contributed by atoms with Crippen LogP contribution in [0.2, 0.25) is 8.67 Å². The maximum Gasteiger partial charge on any atom is 0.205 e. The van der Waals surface area contributed by atoms with Gasteiger partial charge >= 0.3 is 0 Å². The van der Waals surface area contributed by atoms with Crippen LogP contribution >= 0.6 is 45.9 Å². The third kappa shape index (κ3) is 2.26. The van der Waals surface area contributed by atoms with Crippen LogP contribution in [0.5, 0.6) is 0 Å². The summed E-state index contributed by atoms with van der Waals surface area (Å²) in [7, 11) is 0. The first-order chi connectivity index (χ1) is 7.08. The van der Waals surface area contributed by atoms with Gasteiger partial charge in [0.2, 0.25) is 5.78 Å². The van der Waals surface area contributed by atoms with Crippen molar-refractivity contribution in [3.8, 4) is 0 Å². The molecule has 2 heterocycles. The van der Waals surface area contributed by atoms with E-state index in [0.29, 0.717) is 19.1 Å². The van der Waals surface area contributed by atoms with Gasteiger partial charge in [-0.1, -0.05) is 23.2 Å². The Labute approximate surface area is 105 Å². The van der Waals surface area contributed by atoms with Gasteiger partial charge < -0.3 is 0 Å². The van der Waals surface area contributed by atoms with Gasteiger partial charge in [0, 0.05) is 4.88 Å². The minimum atomic E-state index is -0.0544. The molecule has 2 aromatic rings. The zero-order valence-electron chi connectivity index (χ0n) is 7.71. The Morgan fingerprint density at radius 1 is 1.27 bits per heavy atom. The number of aryl methyl sites for hydroxylation is 1. The second-order valence-electron chi connectivity index (χ2n) is 2.98. The lowest BCUT2D eigenvalue weighted by Gasteiger charge is -1.93. The fraction of sp³-hybridized carbons (Fsp3) is 0.100. The first-order valence-corrected chi connectivity index (χ1v) is 6.53. The summed E-state index contributed by atoms with van der Waals surface area (Å²) in [5, 5.41) is 0. The highest BCUT2D eigenvalue weighted by Crippen LogP contribution is 2.33. The van der Waals surface area contributed by atoms with Crippen LogP contribution in [0, 0.1) is 6.92 Å². The van der Waals surface area contributed by atoms with Crippen molar-refractivity contribution >= 4 is 51.7 Å². The lowest BCUT2D eigenvalue weighted by atomic mass is 10.2. The fourth-order valence-electron chi connectivity index (χ4n) is 1.18. The van der Waals surface area contributed by atoms with Crippen LogP contribution in [-0.2, 0) is 0 Å². The summed E-state index contributed by atoms with van der Waals surface area (Å²) in [5.41, 5.74) is 0.494. The molecule has 0 atom stereocenters. The summed E-state index contributed by atoms with van der Waals surface area (Å²) in [6, 6.07) is 5.34. The average Bonchev–Trinajstić information content (AvgIpc) is 2.71. The Bertz CT molecular complexity index is 513. The molecular formula is C10H6Cl2OS2. The molecule has 0 radical (unpaired) electrons. The zero-order chi connectivity index (χ0) is 11.0. The van der Waals surface area contributed by atoms with Crippen molar-refractivity contribution in [1.29, 1.82) is 0 Å². The second kappa shape index (κ2) is 4.26. The molecule has 1 nitrogen and oxygen atoms in total. The van der Waals surface area contributed by atoms with Gasteiger partial charge in [0.05, 0.1) is 14.8 Å². The number of carbonyl (C=O) groups is 1. The Balaban J connectivity index is 2.40. The van der Waals surface area contributed by atoms with E-state index in [2.05, 4.69) is 0 Å². The zero-order valence-corrected chi connectivity index (χ0v) is 10.9. The number of halogens is 2. The molecule has 0 aliphatic carbocycles. The highest BCUT2D eigenvalue weighted by molar-refractivity contribution is 7.20. The number of hydrogen-bond acceptors (Lipinski definition) is 3. The molecule has 0 fully saturated rings. The van der Waals surface area contributed by atoms with E-state index in [0.717, 1.165) is 4.88 Å². The second-order valence-corrected chi connectivity index (χ2v) is 6.55. The summed E-state index contributed by atoms with van der Waals surface area (Å²) >= 11 is 14.4. The Hall–Kier alpha value is -0.350. The van der Waals surface area contributed by atoms with E-state index >= 15 is 0 Å². The van der Waals surface area contributed by atoms with Gasteiger partial charge in [-0.2, -0.15) is 0 Å². The largest absolute Gasteiger partial charge is 0.288 e. The van der Waals surface area contributed by atoms with Crippen LogP contribution in [0.1, 0.15) is 20.1 Å². The van der Waals surface area contributed by atoms with Crippen molar-refractivity contribution in [3.63, 3.8) is 0 Å². The van der Waals surface area contributed by atoms with Crippen molar-refractivity contribution in [2.45, 2.75) is 6.92 Å². The summed E-state index contributed by atoms with van der Waals surface area (Å²) < 4.78 is 0.993. The fourth-order valence-corrected chi connectivity index (χ4v) is 3.46. The van der Waals surface area contributed by atoms with Crippen molar-refractivity contribution in [1.82, 2.24) is 0 Å². The molecule has 0 spiro atoms. The summed E-state index contributed by atoms with van der Waals surface area (Å²) in [5.74, 6) is -0.0544. The molecule has 0 N–H and O–H groups in total. The molecule has 0 aromatic carbocycles. The number of carbonyl (C=O) groups excluding carboxylic acids is 1. The van der Waals surface area contributed by atoms with Crippen LogP contribution in [0.15, 0.2) is 18.2 Å². The molecule has 0 bridgehead atoms. The molecule has 0 saturated carbocycles. The van der Waals surface area contributed by atoms with Crippen LogP contribution in [0.4, 0.5) is 0 Å². The molecule has 78 valence electrons. The summed E-state index contributed by atoms with van der Waals surface area (Å²) in [4.78, 5) is 13.8. The van der Waals surface area contributed by atoms with E-state index in [1.54, 1.807) is 6.07 Å². The Morgan fingerprint density at radius 2 is 2.00 bits per heavy atom. The Morgan fingerprint density at radius 3 is 2.47 bits per heavy atom. The maximum atomic E-state index is 12.0. The van der Waals surface area contributed by atoms with Gasteiger partial charge in [0.25, 0.3) is 0 Å². The minimum absolute atomic E-state index is 0.0544. The van der Waals surface area contributed by atoms with Gasteiger partial charge in [0.1, 0.15) is 4.34 Å². The predicted molar refractivity (Wildman–Crippen MR) is 66.8 cm³/mol. The molecule has 5 heteroatoms. The van der Waals surface area contributed by atoms with Gasteiger partial charge in [-0.15, -0.1) is 22.7 Å². The van der Waals surface area contributed by atoms with E-state index in [4.69, 9.17) is 23.2 Å². The predicted octanol–water partition coefficient (Wildman–Crippen LogP) is 4.66. The third-order valence-electron chi connectivity index (χ3n) is 1.87. The normalized spacial score (nSPS) is 10.6. The molecule has 15 heavy (non-hydrogen) atoms. The summed E-state index contributed by atoms with van der Waals surface area (Å²) in [6.07, 6.45) is 0. The van der Waals surface area contributed by atoms with Crippen molar-refractivity contribution < 1.29 is 4.79 Å². The summed E-state index contributed by atoms with van der Waals surface area (Å²) in [6.45, 7) is 1.96. The molecule has 0 aliphatic heterocycles. The van der Waals surface area contributed by atoms with E-state index < -0.39 is 0 Å². The van der Waals surface area contributed by atoms with Crippen molar-refractivity contribution in [3.05, 3.63) is 42.2 Å². The molecule has 2 aromatic heterocycles. The number of thiophene rings is 2. The molecule has 0 saturated heterocycles. The molecular weight excluding hydrogens is 271 g/mol. The number of ketones is 1. The Kier molecular flexibility index (Phi) is 3.16. The first-order valence-electron chi connectivity index (χ1n) is 4.14. The van der Waals surface area contributed by atoms with Gasteiger partial charge in [-0.3, -0.25) is 4.79 Å². The quantitative estimate of drug-likeness (QED) is 0.730. The van der Waals surface area contributed by atoms with E-state index in [9.17, 15) is 4.79 Å². The van der Waals surface area contributed by atoms with Crippen molar-refractivity contribution in [2.24, 2.45) is 0 Å². The number of rotatable bonds is 2. The topological polar surface area (TPSA) is 17.1 Å². The lowest BCUT2D eigenvalue weighted by molar-refractivity contribution is 0.104. The smallest absolute Gasteiger partial charge is 0.205 e. The highest BCUT2D eigenvalue weighted by Gasteiger charge is 2.17. The molecule has 0 aliphatic rings. The SMILES string of the molecule is Cc1ccc(C(=O)c2cc(Cl)sc2Cl)s1. The van der Waals surface area contributed by atoms with Gasteiger partial charge in [-0.25, -0.2) is 0 Å². The third-order valence-corrected chi connectivity index (χ3v) is 4.35. The monoisotopic (exact) mass is 276 g/mol. The van der Waals surface area contributed by atoms with Crippen LogP contribution in [0.3, 0.4) is 0 Å². The van der Waals surface area contributed by atoms with Crippen LogP contribution in [0.25, 0.3) is 0 Å². The molecule has 0 amide bonds. The highest BCUT2D eigenvalue weighted by atomic mass is 35.5. The van der Waals surface area contributed by atoms with Crippen molar-refractivity contribution in [2.75, 3.05) is 0 Å². The molecule has 2 rings (SSSR count). The lowest BCUT2D eigenvalue weighted by Crippen LogP contribution is -1.96. The van der Waals surface area contributed by atoms with E-state index in [1.807, 2.05) is 19.1 Å². The van der Waals surface area contributed by atoms with Gasteiger partial charge in [0.15, 0.2) is 0 Å². The number of hydrogen-bond donors (Lipinski definition) is 0. The van der Waals surface area contributed by atoms with E-state index in [1.165, 1.54) is 22.7 Å². The first kappa shape index (κ1) is 11.1.